The normalized spacial score (nSPS) is 14.9. The molecule has 1 fully saturated rings. The molecule has 1 aliphatic carbocycles. The molecule has 154 valence electrons. The van der Waals surface area contributed by atoms with Gasteiger partial charge >= 0.3 is 0 Å². The quantitative estimate of drug-likeness (QED) is 0.302. The van der Waals surface area contributed by atoms with Gasteiger partial charge in [0, 0.05) is 33.7 Å². The number of hydrogen-bond acceptors (Lipinski definition) is 4. The van der Waals surface area contributed by atoms with Crippen molar-refractivity contribution in [3.8, 4) is 5.75 Å². The Morgan fingerprint density at radius 2 is 1.96 bits per heavy atom. The molecule has 0 heterocycles. The van der Waals surface area contributed by atoms with Crippen LogP contribution in [0.5, 0.6) is 5.75 Å². The highest BCUT2D eigenvalue weighted by atomic mass is 127. The highest BCUT2D eigenvalue weighted by Gasteiger charge is 2.20. The topological polar surface area (TPSA) is 83.0 Å². The van der Waals surface area contributed by atoms with E-state index in [4.69, 9.17) is 4.74 Å². The van der Waals surface area contributed by atoms with Crippen molar-refractivity contribution in [2.24, 2.45) is 10.9 Å². The van der Waals surface area contributed by atoms with Crippen molar-refractivity contribution in [3.05, 3.63) is 29.8 Å². The van der Waals surface area contributed by atoms with Crippen LogP contribution in [-0.2, 0) is 16.6 Å². The number of nitrogens with zero attached hydrogens (tertiary/aromatic N) is 2. The van der Waals surface area contributed by atoms with E-state index in [-0.39, 0.29) is 29.7 Å². The number of aliphatic imine (C=N–C) groups is 1. The Bertz CT molecular complexity index is 691. The van der Waals surface area contributed by atoms with Crippen LogP contribution in [-0.4, -0.2) is 59.3 Å². The fraction of sp³-hybridized carbons (Fsp3) is 0.611. The maximum Gasteiger partial charge on any atom is 0.213 e. The van der Waals surface area contributed by atoms with Crippen molar-refractivity contribution in [1.29, 1.82) is 0 Å². The van der Waals surface area contributed by atoms with Crippen LogP contribution in [0.15, 0.2) is 29.3 Å². The summed E-state index contributed by atoms with van der Waals surface area (Å²) in [6, 6.07) is 7.83. The summed E-state index contributed by atoms with van der Waals surface area (Å²) in [4.78, 5) is 6.18. The number of ether oxygens (including phenoxy) is 1. The second kappa shape index (κ2) is 11.7. The highest BCUT2D eigenvalue weighted by molar-refractivity contribution is 14.0. The van der Waals surface area contributed by atoms with Crippen LogP contribution in [0.2, 0.25) is 0 Å². The number of benzene rings is 1. The smallest absolute Gasteiger partial charge is 0.213 e. The Labute approximate surface area is 180 Å². The Kier molecular flexibility index (Phi) is 10.4. The molecule has 27 heavy (non-hydrogen) atoms. The van der Waals surface area contributed by atoms with Gasteiger partial charge < -0.3 is 15.0 Å². The lowest BCUT2D eigenvalue weighted by Crippen LogP contribution is -2.42. The zero-order valence-corrected chi connectivity index (χ0v) is 19.4. The first-order valence-electron chi connectivity index (χ1n) is 8.95. The van der Waals surface area contributed by atoms with Gasteiger partial charge in [-0.15, -0.1) is 24.0 Å². The van der Waals surface area contributed by atoms with Crippen LogP contribution in [0.25, 0.3) is 0 Å². The van der Waals surface area contributed by atoms with Gasteiger partial charge in [0.05, 0.1) is 12.9 Å². The molecule has 0 radical (unpaired) electrons. The summed E-state index contributed by atoms with van der Waals surface area (Å²) in [6.45, 7) is 1.55. The van der Waals surface area contributed by atoms with E-state index < -0.39 is 10.0 Å². The minimum atomic E-state index is -3.25. The average molecular weight is 510 g/mol. The summed E-state index contributed by atoms with van der Waals surface area (Å²) >= 11 is 0. The van der Waals surface area contributed by atoms with Crippen LogP contribution in [0, 0.1) is 5.92 Å². The first-order valence-corrected chi connectivity index (χ1v) is 10.6. The van der Waals surface area contributed by atoms with Gasteiger partial charge in [-0.05, 0) is 36.5 Å². The molecule has 0 unspecified atom stereocenters. The summed E-state index contributed by atoms with van der Waals surface area (Å²) in [7, 11) is 2.00. The summed E-state index contributed by atoms with van der Waals surface area (Å²) in [5.41, 5.74) is 1.12. The third-order valence-electron chi connectivity index (χ3n) is 4.62. The van der Waals surface area contributed by atoms with E-state index in [0.717, 1.165) is 24.2 Å². The first kappa shape index (κ1) is 24.0. The number of sulfonamides is 1. The van der Waals surface area contributed by atoms with E-state index in [0.29, 0.717) is 31.5 Å². The van der Waals surface area contributed by atoms with Crippen LogP contribution < -0.4 is 14.8 Å². The lowest BCUT2D eigenvalue weighted by atomic mass is 9.86. The summed E-state index contributed by atoms with van der Waals surface area (Å²) < 4.78 is 32.0. The lowest BCUT2D eigenvalue weighted by Gasteiger charge is -2.25. The number of hydrogen-bond donors (Lipinski definition) is 2. The van der Waals surface area contributed by atoms with Gasteiger partial charge in [0.25, 0.3) is 0 Å². The average Bonchev–Trinajstić information content (AvgIpc) is 2.57. The predicted molar refractivity (Wildman–Crippen MR) is 120 cm³/mol. The van der Waals surface area contributed by atoms with Gasteiger partial charge in [-0.1, -0.05) is 18.6 Å². The monoisotopic (exact) mass is 510 g/mol. The molecule has 0 atom stereocenters. The van der Waals surface area contributed by atoms with Crippen LogP contribution in [0.3, 0.4) is 0 Å². The first-order chi connectivity index (χ1) is 12.4. The molecule has 1 aromatic rings. The van der Waals surface area contributed by atoms with E-state index in [1.165, 1.54) is 6.42 Å². The molecule has 1 aromatic carbocycles. The van der Waals surface area contributed by atoms with Crippen molar-refractivity contribution in [3.63, 3.8) is 0 Å². The number of nitrogens with one attached hydrogen (secondary N) is 2. The van der Waals surface area contributed by atoms with E-state index in [1.54, 1.807) is 14.2 Å². The highest BCUT2D eigenvalue weighted by Crippen LogP contribution is 2.25. The summed E-state index contributed by atoms with van der Waals surface area (Å²) in [5.74, 6) is 2.03. The number of guanidine groups is 1. The fourth-order valence-corrected chi connectivity index (χ4v) is 3.78. The molecular weight excluding hydrogens is 479 g/mol. The molecule has 2 N–H and O–H groups in total. The van der Waals surface area contributed by atoms with Crippen molar-refractivity contribution in [2.45, 2.75) is 25.8 Å². The Morgan fingerprint density at radius 1 is 1.30 bits per heavy atom. The molecule has 0 aliphatic heterocycles. The van der Waals surface area contributed by atoms with Crippen molar-refractivity contribution in [2.75, 3.05) is 40.0 Å². The zero-order valence-electron chi connectivity index (χ0n) is 16.3. The molecule has 2 rings (SSSR count). The molecule has 0 saturated heterocycles. The van der Waals surface area contributed by atoms with Gasteiger partial charge in [-0.25, -0.2) is 13.1 Å². The maximum atomic E-state index is 12.0. The maximum absolute atomic E-state index is 12.0. The third kappa shape index (κ3) is 8.22. The number of methoxy groups -OCH3 is 1. The second-order valence-electron chi connectivity index (χ2n) is 6.64. The minimum Gasteiger partial charge on any atom is -0.497 e. The largest absolute Gasteiger partial charge is 0.497 e. The molecular formula is C18H31IN4O3S. The summed E-state index contributed by atoms with van der Waals surface area (Å²) in [5, 5.41) is 3.12. The van der Waals surface area contributed by atoms with Crippen molar-refractivity contribution in [1.82, 2.24) is 14.9 Å². The Balaban J connectivity index is 0.00000364. The van der Waals surface area contributed by atoms with Crippen molar-refractivity contribution >= 4 is 40.0 Å². The minimum absolute atomic E-state index is 0. The molecule has 0 amide bonds. The van der Waals surface area contributed by atoms with Crippen molar-refractivity contribution < 1.29 is 13.2 Å². The summed E-state index contributed by atoms with van der Waals surface area (Å²) in [6.07, 6.45) is 3.47. The molecule has 0 spiro atoms. The van der Waals surface area contributed by atoms with Gasteiger partial charge in [0.2, 0.25) is 10.0 Å². The standard InChI is InChI=1S/C18H30N4O3S.HI/c1-19-18(22(2)14-16-7-9-17(25-3)10-8-16)20-11-12-26(23,24)21-13-15-5-4-6-15;/h7-10,15,21H,4-6,11-14H2,1-3H3,(H,19,20);1H. The van der Waals surface area contributed by atoms with Gasteiger partial charge in [-0.2, -0.15) is 0 Å². The van der Waals surface area contributed by atoms with E-state index in [9.17, 15) is 8.42 Å². The van der Waals surface area contributed by atoms with Crippen LogP contribution >= 0.6 is 24.0 Å². The number of halogens is 1. The molecule has 9 heteroatoms. The molecule has 1 aliphatic rings. The fourth-order valence-electron chi connectivity index (χ4n) is 2.78. The molecule has 7 nitrogen and oxygen atoms in total. The zero-order chi connectivity index (χ0) is 19.0. The van der Waals surface area contributed by atoms with Crippen LogP contribution in [0.4, 0.5) is 0 Å². The van der Waals surface area contributed by atoms with E-state index in [2.05, 4.69) is 15.0 Å². The Morgan fingerprint density at radius 3 is 2.48 bits per heavy atom. The van der Waals surface area contributed by atoms with Gasteiger partial charge in [-0.3, -0.25) is 4.99 Å². The molecule has 0 bridgehead atoms. The van der Waals surface area contributed by atoms with E-state index >= 15 is 0 Å². The third-order valence-corrected chi connectivity index (χ3v) is 5.97. The second-order valence-corrected chi connectivity index (χ2v) is 8.57. The van der Waals surface area contributed by atoms with Crippen LogP contribution in [0.1, 0.15) is 24.8 Å². The SMILES string of the molecule is CN=C(NCCS(=O)(=O)NCC1CCC1)N(C)Cc1ccc(OC)cc1.I. The van der Waals surface area contributed by atoms with Gasteiger partial charge in [0.15, 0.2) is 5.96 Å². The van der Waals surface area contributed by atoms with E-state index in [1.807, 2.05) is 36.2 Å². The predicted octanol–water partition coefficient (Wildman–Crippen LogP) is 2.04. The molecule has 1 saturated carbocycles. The lowest BCUT2D eigenvalue weighted by molar-refractivity contribution is 0.316. The Hall–Kier alpha value is -1.07. The molecule has 0 aromatic heterocycles. The van der Waals surface area contributed by atoms with Gasteiger partial charge in [0.1, 0.15) is 5.75 Å². The number of rotatable bonds is 9.